The van der Waals surface area contributed by atoms with Gasteiger partial charge in [0.1, 0.15) is 5.82 Å². The lowest BCUT2D eigenvalue weighted by Crippen LogP contribution is -2.38. The minimum Gasteiger partial charge on any atom is -0.381 e. The number of nitrogens with one attached hydrogen (secondary N) is 2. The number of halogens is 1. The van der Waals surface area contributed by atoms with Crippen LogP contribution in [-0.2, 0) is 17.8 Å². The Balaban J connectivity index is 0.00000529. The number of aliphatic imine (C=N–C) groups is 1. The summed E-state index contributed by atoms with van der Waals surface area (Å²) in [7, 11) is 1.79. The van der Waals surface area contributed by atoms with Crippen LogP contribution in [0.4, 0.5) is 0 Å². The Bertz CT molecular complexity index is 448. The van der Waals surface area contributed by atoms with Crippen molar-refractivity contribution in [3.63, 3.8) is 0 Å². The lowest BCUT2D eigenvalue weighted by Gasteiger charge is -2.14. The number of imidazole rings is 1. The summed E-state index contributed by atoms with van der Waals surface area (Å²) in [5, 5.41) is 6.62. The van der Waals surface area contributed by atoms with Gasteiger partial charge in [-0.3, -0.25) is 4.99 Å². The van der Waals surface area contributed by atoms with Crippen LogP contribution in [0.1, 0.15) is 45.9 Å². The molecule has 0 amide bonds. The molecule has 0 saturated heterocycles. The first-order chi connectivity index (χ1) is 11.2. The van der Waals surface area contributed by atoms with Crippen molar-refractivity contribution in [2.24, 2.45) is 10.9 Å². The van der Waals surface area contributed by atoms with Gasteiger partial charge < -0.3 is 19.9 Å². The molecule has 1 aromatic rings. The second-order valence-corrected chi connectivity index (χ2v) is 6.06. The van der Waals surface area contributed by atoms with Crippen LogP contribution in [0.2, 0.25) is 0 Å². The first-order valence-corrected chi connectivity index (χ1v) is 8.69. The summed E-state index contributed by atoms with van der Waals surface area (Å²) in [6.45, 7) is 10.8. The number of hydrogen-bond acceptors (Lipinski definition) is 3. The predicted octanol–water partition coefficient (Wildman–Crippen LogP) is 3.03. The van der Waals surface area contributed by atoms with E-state index >= 15 is 0 Å². The fraction of sp³-hybridized carbons (Fsp3) is 0.765. The summed E-state index contributed by atoms with van der Waals surface area (Å²) in [4.78, 5) is 8.65. The highest BCUT2D eigenvalue weighted by Gasteiger charge is 2.05. The van der Waals surface area contributed by atoms with E-state index in [4.69, 9.17) is 4.74 Å². The topological polar surface area (TPSA) is 63.5 Å². The van der Waals surface area contributed by atoms with Crippen molar-refractivity contribution in [2.45, 2.75) is 53.1 Å². The van der Waals surface area contributed by atoms with Crippen molar-refractivity contribution in [1.29, 1.82) is 0 Å². The van der Waals surface area contributed by atoms with Gasteiger partial charge in [0.25, 0.3) is 0 Å². The third-order valence-electron chi connectivity index (χ3n) is 3.40. The molecular formula is C17H34IN5O. The molecule has 0 saturated carbocycles. The molecule has 0 atom stereocenters. The highest BCUT2D eigenvalue weighted by atomic mass is 127. The highest BCUT2D eigenvalue weighted by molar-refractivity contribution is 14.0. The molecule has 140 valence electrons. The van der Waals surface area contributed by atoms with Crippen LogP contribution in [0.5, 0.6) is 0 Å². The minimum atomic E-state index is 0. The van der Waals surface area contributed by atoms with Crippen molar-refractivity contribution in [1.82, 2.24) is 20.2 Å². The van der Waals surface area contributed by atoms with Crippen LogP contribution in [-0.4, -0.2) is 42.3 Å². The zero-order valence-corrected chi connectivity index (χ0v) is 17.9. The normalized spacial score (nSPS) is 11.5. The van der Waals surface area contributed by atoms with Gasteiger partial charge in [-0.15, -0.1) is 24.0 Å². The number of unbranched alkanes of at least 4 members (excludes halogenated alkanes) is 1. The summed E-state index contributed by atoms with van der Waals surface area (Å²) in [6, 6.07) is 0. The summed E-state index contributed by atoms with van der Waals surface area (Å²) >= 11 is 0. The average Bonchev–Trinajstić information content (AvgIpc) is 2.95. The van der Waals surface area contributed by atoms with Gasteiger partial charge in [-0.2, -0.15) is 0 Å². The molecule has 0 aliphatic heterocycles. The minimum absolute atomic E-state index is 0. The third kappa shape index (κ3) is 10.1. The van der Waals surface area contributed by atoms with Crippen molar-refractivity contribution >= 4 is 29.9 Å². The first kappa shape index (κ1) is 23.2. The van der Waals surface area contributed by atoms with Crippen LogP contribution >= 0.6 is 24.0 Å². The Morgan fingerprint density at radius 1 is 1.29 bits per heavy atom. The second kappa shape index (κ2) is 14.5. The first-order valence-electron chi connectivity index (χ1n) is 8.69. The Morgan fingerprint density at radius 2 is 2.04 bits per heavy atom. The zero-order chi connectivity index (χ0) is 16.9. The summed E-state index contributed by atoms with van der Waals surface area (Å²) in [5.41, 5.74) is 0. The Labute approximate surface area is 163 Å². The largest absolute Gasteiger partial charge is 0.381 e. The SMILES string of the molecule is CCCCOCCCNC(=NC)NCc1nccn1CC(C)C.I. The van der Waals surface area contributed by atoms with Crippen molar-refractivity contribution in [2.75, 3.05) is 26.8 Å². The van der Waals surface area contributed by atoms with Gasteiger partial charge in [0.15, 0.2) is 5.96 Å². The fourth-order valence-electron chi connectivity index (χ4n) is 2.18. The lowest BCUT2D eigenvalue weighted by atomic mass is 10.2. The lowest BCUT2D eigenvalue weighted by molar-refractivity contribution is 0.129. The number of hydrogen-bond donors (Lipinski definition) is 2. The van der Waals surface area contributed by atoms with Crippen molar-refractivity contribution in [3.05, 3.63) is 18.2 Å². The maximum atomic E-state index is 5.55. The van der Waals surface area contributed by atoms with E-state index in [-0.39, 0.29) is 24.0 Å². The van der Waals surface area contributed by atoms with Crippen molar-refractivity contribution in [3.8, 4) is 0 Å². The molecule has 0 spiro atoms. The Hall–Kier alpha value is -0.830. The second-order valence-electron chi connectivity index (χ2n) is 6.06. The molecule has 0 aliphatic rings. The number of rotatable bonds is 11. The van der Waals surface area contributed by atoms with E-state index in [9.17, 15) is 0 Å². The maximum Gasteiger partial charge on any atom is 0.191 e. The van der Waals surface area contributed by atoms with Gasteiger partial charge in [0.05, 0.1) is 6.54 Å². The average molecular weight is 451 g/mol. The maximum absolute atomic E-state index is 5.55. The molecule has 1 aromatic heterocycles. The third-order valence-corrected chi connectivity index (χ3v) is 3.40. The molecule has 0 aromatic carbocycles. The fourth-order valence-corrected chi connectivity index (χ4v) is 2.18. The van der Waals surface area contributed by atoms with E-state index in [1.165, 1.54) is 6.42 Å². The van der Waals surface area contributed by atoms with Crippen LogP contribution in [0.15, 0.2) is 17.4 Å². The van der Waals surface area contributed by atoms with Crippen molar-refractivity contribution < 1.29 is 4.74 Å². The number of guanidine groups is 1. The van der Waals surface area contributed by atoms with Gasteiger partial charge in [-0.05, 0) is 18.8 Å². The van der Waals surface area contributed by atoms with E-state index in [1.807, 2.05) is 12.4 Å². The number of aromatic nitrogens is 2. The Morgan fingerprint density at radius 3 is 2.71 bits per heavy atom. The standard InChI is InChI=1S/C17H33N5O.HI/c1-5-6-11-23-12-7-8-20-17(18-4)21-13-16-19-9-10-22(16)14-15(2)3;/h9-10,15H,5-8,11-14H2,1-4H3,(H2,18,20,21);1H. The van der Waals surface area contributed by atoms with E-state index in [0.717, 1.165) is 50.9 Å². The molecule has 6 nitrogen and oxygen atoms in total. The van der Waals surface area contributed by atoms with Gasteiger partial charge in [0.2, 0.25) is 0 Å². The molecule has 7 heteroatoms. The van der Waals surface area contributed by atoms with Crippen LogP contribution in [0.3, 0.4) is 0 Å². The highest BCUT2D eigenvalue weighted by Crippen LogP contribution is 2.03. The predicted molar refractivity (Wildman–Crippen MR) is 111 cm³/mol. The van der Waals surface area contributed by atoms with Gasteiger partial charge in [-0.1, -0.05) is 27.2 Å². The Kier molecular flexibility index (Phi) is 14.0. The molecule has 0 fully saturated rings. The van der Waals surface area contributed by atoms with Gasteiger partial charge in [0, 0.05) is 45.7 Å². The molecular weight excluding hydrogens is 417 g/mol. The van der Waals surface area contributed by atoms with E-state index < -0.39 is 0 Å². The molecule has 0 aliphatic carbocycles. The van der Waals surface area contributed by atoms with Crippen LogP contribution in [0.25, 0.3) is 0 Å². The van der Waals surface area contributed by atoms with Gasteiger partial charge >= 0.3 is 0 Å². The van der Waals surface area contributed by atoms with Crippen LogP contribution < -0.4 is 10.6 Å². The monoisotopic (exact) mass is 451 g/mol. The van der Waals surface area contributed by atoms with Gasteiger partial charge in [-0.25, -0.2) is 4.98 Å². The summed E-state index contributed by atoms with van der Waals surface area (Å²) in [6.07, 6.45) is 7.18. The van der Waals surface area contributed by atoms with E-state index in [1.54, 1.807) is 7.05 Å². The smallest absolute Gasteiger partial charge is 0.191 e. The molecule has 2 N–H and O–H groups in total. The number of nitrogens with zero attached hydrogens (tertiary/aromatic N) is 3. The quantitative estimate of drug-likeness (QED) is 0.235. The van der Waals surface area contributed by atoms with E-state index in [0.29, 0.717) is 12.5 Å². The van der Waals surface area contributed by atoms with E-state index in [2.05, 4.69) is 45.9 Å². The molecule has 0 bridgehead atoms. The molecule has 24 heavy (non-hydrogen) atoms. The summed E-state index contributed by atoms with van der Waals surface area (Å²) in [5.74, 6) is 2.44. The molecule has 1 heterocycles. The van der Waals surface area contributed by atoms with Crippen LogP contribution in [0, 0.1) is 5.92 Å². The molecule has 1 rings (SSSR count). The zero-order valence-electron chi connectivity index (χ0n) is 15.5. The number of ether oxygens (including phenoxy) is 1. The molecule has 0 unspecified atom stereocenters. The molecule has 0 radical (unpaired) electrons. The summed E-state index contributed by atoms with van der Waals surface area (Å²) < 4.78 is 7.73.